The van der Waals surface area contributed by atoms with Gasteiger partial charge in [-0.1, -0.05) is 24.8 Å². The van der Waals surface area contributed by atoms with Gasteiger partial charge in [0.15, 0.2) is 0 Å². The number of benzene rings is 1. The van der Waals surface area contributed by atoms with Gasteiger partial charge < -0.3 is 4.74 Å². The topological polar surface area (TPSA) is 80.7 Å². The largest absolute Gasteiger partial charge is 0.462 e. The average molecular weight is 270 g/mol. The van der Waals surface area contributed by atoms with E-state index in [4.69, 9.17) is 9.29 Å². The Morgan fingerprint density at radius 3 is 2.56 bits per heavy atom. The van der Waals surface area contributed by atoms with E-state index >= 15 is 0 Å². The van der Waals surface area contributed by atoms with Crippen molar-refractivity contribution >= 4 is 16.1 Å². The van der Waals surface area contributed by atoms with E-state index < -0.39 is 16.1 Å². The highest BCUT2D eigenvalue weighted by atomic mass is 32.2. The molecule has 0 saturated carbocycles. The van der Waals surface area contributed by atoms with Gasteiger partial charge in [-0.2, -0.15) is 8.42 Å². The van der Waals surface area contributed by atoms with Crippen molar-refractivity contribution in [2.24, 2.45) is 0 Å². The van der Waals surface area contributed by atoms with Gasteiger partial charge in [-0.15, -0.1) is 0 Å². The maximum absolute atomic E-state index is 11.1. The summed E-state index contributed by atoms with van der Waals surface area (Å²) in [7, 11) is -4.26. The third-order valence-corrected chi connectivity index (χ3v) is 3.16. The smallest absolute Gasteiger partial charge is 0.333 e. The average Bonchev–Trinajstić information content (AvgIpc) is 2.28. The molecule has 0 bridgehead atoms. The third kappa shape index (κ3) is 3.97. The second-order valence-electron chi connectivity index (χ2n) is 3.75. The van der Waals surface area contributed by atoms with Crippen molar-refractivity contribution in [3.05, 3.63) is 42.0 Å². The summed E-state index contributed by atoms with van der Waals surface area (Å²) in [5, 5.41) is 0. The van der Waals surface area contributed by atoms with Gasteiger partial charge in [0.05, 0.1) is 11.5 Å². The minimum atomic E-state index is -4.26. The predicted molar refractivity (Wildman–Crippen MR) is 65.7 cm³/mol. The Bertz CT molecular complexity index is 560. The first-order valence-corrected chi connectivity index (χ1v) is 6.64. The molecule has 0 spiro atoms. The Morgan fingerprint density at radius 2 is 2.00 bits per heavy atom. The number of hydrogen-bond donors (Lipinski definition) is 1. The molecule has 6 heteroatoms. The zero-order chi connectivity index (χ0) is 13.8. The number of carbonyl (C=O) groups is 1. The molecule has 98 valence electrons. The van der Waals surface area contributed by atoms with Gasteiger partial charge in [-0.25, -0.2) is 4.79 Å². The van der Waals surface area contributed by atoms with Gasteiger partial charge in [0.25, 0.3) is 10.1 Å². The molecule has 1 aromatic carbocycles. The standard InChI is InChI=1S/C12H14O5S/c1-9(2)12(13)17-8-7-10-5-3-4-6-11(10)18(14,15)16/h3-6H,1,7-8H2,2H3,(H,14,15,16). The normalized spacial score (nSPS) is 11.0. The molecule has 0 radical (unpaired) electrons. The van der Waals surface area contributed by atoms with E-state index in [-0.39, 0.29) is 23.5 Å². The van der Waals surface area contributed by atoms with Crippen molar-refractivity contribution in [1.29, 1.82) is 0 Å². The van der Waals surface area contributed by atoms with E-state index in [9.17, 15) is 13.2 Å². The number of ether oxygens (including phenoxy) is 1. The lowest BCUT2D eigenvalue weighted by atomic mass is 10.2. The predicted octanol–water partition coefficient (Wildman–Crippen LogP) is 1.60. The summed E-state index contributed by atoms with van der Waals surface area (Å²) in [6, 6.07) is 6.00. The summed E-state index contributed by atoms with van der Waals surface area (Å²) in [5.74, 6) is -0.528. The Balaban J connectivity index is 2.75. The van der Waals surface area contributed by atoms with Gasteiger partial charge in [-0.05, 0) is 18.6 Å². The van der Waals surface area contributed by atoms with E-state index in [0.29, 0.717) is 5.56 Å². The van der Waals surface area contributed by atoms with Crippen LogP contribution in [0.4, 0.5) is 0 Å². The SMILES string of the molecule is C=C(C)C(=O)OCCc1ccccc1S(=O)(=O)O. The molecule has 0 aliphatic rings. The molecule has 18 heavy (non-hydrogen) atoms. The highest BCUT2D eigenvalue weighted by Crippen LogP contribution is 2.15. The molecule has 1 N–H and O–H groups in total. The summed E-state index contributed by atoms with van der Waals surface area (Å²) in [6.07, 6.45) is 0.203. The molecule has 0 atom stereocenters. The Morgan fingerprint density at radius 1 is 1.39 bits per heavy atom. The highest BCUT2D eigenvalue weighted by Gasteiger charge is 2.14. The van der Waals surface area contributed by atoms with Crippen LogP contribution in [0.15, 0.2) is 41.3 Å². The molecule has 0 heterocycles. The molecule has 0 unspecified atom stereocenters. The van der Waals surface area contributed by atoms with Crippen LogP contribution in [0.2, 0.25) is 0 Å². The molecule has 5 nitrogen and oxygen atoms in total. The molecule has 0 fully saturated rings. The van der Waals surface area contributed by atoms with Crippen LogP contribution in [0, 0.1) is 0 Å². The van der Waals surface area contributed by atoms with Crippen LogP contribution in [0.25, 0.3) is 0 Å². The van der Waals surface area contributed by atoms with Gasteiger partial charge in [-0.3, -0.25) is 4.55 Å². The van der Waals surface area contributed by atoms with Crippen molar-refractivity contribution in [1.82, 2.24) is 0 Å². The van der Waals surface area contributed by atoms with Crippen molar-refractivity contribution < 1.29 is 22.5 Å². The fourth-order valence-electron chi connectivity index (χ4n) is 1.34. The fraction of sp³-hybridized carbons (Fsp3) is 0.250. The molecule has 0 amide bonds. The molecule has 0 aliphatic carbocycles. The second kappa shape index (κ2) is 5.79. The highest BCUT2D eigenvalue weighted by molar-refractivity contribution is 7.85. The molecule has 0 aromatic heterocycles. The summed E-state index contributed by atoms with van der Waals surface area (Å²) in [5.41, 5.74) is 0.674. The van der Waals surface area contributed by atoms with Crippen molar-refractivity contribution in [2.75, 3.05) is 6.61 Å². The molecule has 1 aromatic rings. The number of carbonyl (C=O) groups excluding carboxylic acids is 1. The monoisotopic (exact) mass is 270 g/mol. The van der Waals surface area contributed by atoms with Gasteiger partial charge >= 0.3 is 5.97 Å². The van der Waals surface area contributed by atoms with Crippen LogP contribution < -0.4 is 0 Å². The Labute approximate surface area is 106 Å². The minimum Gasteiger partial charge on any atom is -0.462 e. The maximum atomic E-state index is 11.1. The van der Waals surface area contributed by atoms with Crippen molar-refractivity contribution in [3.8, 4) is 0 Å². The van der Waals surface area contributed by atoms with Gasteiger partial charge in [0.2, 0.25) is 0 Å². The zero-order valence-corrected chi connectivity index (χ0v) is 10.7. The van der Waals surface area contributed by atoms with Crippen LogP contribution in [0.5, 0.6) is 0 Å². The lowest BCUT2D eigenvalue weighted by Crippen LogP contribution is -2.10. The lowest BCUT2D eigenvalue weighted by molar-refractivity contribution is -0.138. The van der Waals surface area contributed by atoms with Crippen LogP contribution in [-0.4, -0.2) is 25.5 Å². The summed E-state index contributed by atoms with van der Waals surface area (Å²) >= 11 is 0. The van der Waals surface area contributed by atoms with Gasteiger partial charge in [0, 0.05) is 12.0 Å². The first kappa shape index (κ1) is 14.4. The van der Waals surface area contributed by atoms with Crippen LogP contribution in [0.1, 0.15) is 12.5 Å². The number of rotatable bonds is 5. The van der Waals surface area contributed by atoms with Gasteiger partial charge in [0.1, 0.15) is 0 Å². The minimum absolute atomic E-state index is 0.0260. The summed E-state index contributed by atoms with van der Waals surface area (Å²) < 4.78 is 36.1. The maximum Gasteiger partial charge on any atom is 0.333 e. The van der Waals surface area contributed by atoms with Crippen molar-refractivity contribution in [3.63, 3.8) is 0 Å². The molecular formula is C12H14O5S. The molecule has 0 saturated heterocycles. The quantitative estimate of drug-likeness (QED) is 0.499. The zero-order valence-electron chi connectivity index (χ0n) is 9.92. The van der Waals surface area contributed by atoms with Crippen LogP contribution in [0.3, 0.4) is 0 Å². The number of esters is 1. The second-order valence-corrected chi connectivity index (χ2v) is 5.14. The third-order valence-electron chi connectivity index (χ3n) is 2.20. The number of hydrogen-bond acceptors (Lipinski definition) is 4. The summed E-state index contributed by atoms with van der Waals surface area (Å²) in [6.45, 7) is 4.98. The van der Waals surface area contributed by atoms with E-state index in [1.807, 2.05) is 0 Å². The van der Waals surface area contributed by atoms with Crippen molar-refractivity contribution in [2.45, 2.75) is 18.2 Å². The lowest BCUT2D eigenvalue weighted by Gasteiger charge is -2.07. The van der Waals surface area contributed by atoms with E-state index in [2.05, 4.69) is 6.58 Å². The van der Waals surface area contributed by atoms with E-state index in [0.717, 1.165) is 0 Å². The molecule has 0 aliphatic heterocycles. The van der Waals surface area contributed by atoms with E-state index in [1.165, 1.54) is 19.1 Å². The fourth-order valence-corrected chi connectivity index (χ4v) is 2.09. The Hall–Kier alpha value is -1.66. The van der Waals surface area contributed by atoms with E-state index in [1.54, 1.807) is 12.1 Å². The molecular weight excluding hydrogens is 256 g/mol. The van der Waals surface area contributed by atoms with Crippen LogP contribution >= 0.6 is 0 Å². The van der Waals surface area contributed by atoms with Crippen LogP contribution in [-0.2, 0) is 26.1 Å². The summed E-state index contributed by atoms with van der Waals surface area (Å²) in [4.78, 5) is 11.0. The first-order chi connectivity index (χ1) is 8.32. The Kier molecular flexibility index (Phi) is 4.63. The first-order valence-electron chi connectivity index (χ1n) is 5.20. The molecule has 1 rings (SSSR count).